The van der Waals surface area contributed by atoms with Crippen molar-refractivity contribution >= 4 is 11.5 Å². The second kappa shape index (κ2) is 6.86. The average Bonchev–Trinajstić information content (AvgIpc) is 3.09. The second-order valence-corrected chi connectivity index (χ2v) is 7.03. The van der Waals surface area contributed by atoms with E-state index in [4.69, 9.17) is 0 Å². The molecule has 0 radical (unpaired) electrons. The summed E-state index contributed by atoms with van der Waals surface area (Å²) in [7, 11) is 1.76. The molecular formula is C16H27N5O2. The van der Waals surface area contributed by atoms with Gasteiger partial charge in [0, 0.05) is 32.7 Å². The summed E-state index contributed by atoms with van der Waals surface area (Å²) in [6.45, 7) is 5.09. The van der Waals surface area contributed by atoms with Crippen LogP contribution in [-0.4, -0.2) is 45.3 Å². The third-order valence-corrected chi connectivity index (χ3v) is 5.29. The molecule has 1 aliphatic carbocycles. The molecule has 1 N–H and O–H groups in total. The number of nitro groups is 1. The van der Waals surface area contributed by atoms with E-state index in [9.17, 15) is 10.1 Å². The van der Waals surface area contributed by atoms with Gasteiger partial charge in [-0.2, -0.15) is 5.10 Å². The highest BCUT2D eigenvalue weighted by Crippen LogP contribution is 2.30. The normalized spacial score (nSPS) is 21.0. The van der Waals surface area contributed by atoms with E-state index in [1.807, 2.05) is 0 Å². The summed E-state index contributed by atoms with van der Waals surface area (Å²) in [6.07, 6.45) is 7.64. The molecule has 0 atom stereocenters. The Hall–Kier alpha value is -1.63. The topological polar surface area (TPSA) is 76.2 Å². The van der Waals surface area contributed by atoms with Gasteiger partial charge in [0.15, 0.2) is 0 Å². The second-order valence-electron chi connectivity index (χ2n) is 7.03. The number of likely N-dealkylation sites (tertiary alicyclic amines) is 1. The Balaban J connectivity index is 1.55. The molecule has 23 heavy (non-hydrogen) atoms. The van der Waals surface area contributed by atoms with Crippen LogP contribution in [0.15, 0.2) is 0 Å². The largest absolute Gasteiger partial charge is 0.362 e. The molecule has 0 amide bonds. The number of nitrogens with one attached hydrogen (secondary N) is 1. The van der Waals surface area contributed by atoms with Gasteiger partial charge in [-0.3, -0.25) is 10.1 Å². The van der Waals surface area contributed by atoms with E-state index in [1.165, 1.54) is 32.2 Å². The fraction of sp³-hybridized carbons (Fsp3) is 0.812. The molecule has 7 heteroatoms. The standard InChI is InChI=1S/C16H27N5O2/c1-12-15(21(22)23)16(19(2)18-12)17-14-7-9-20(10-8-14)11-13-5-3-4-6-13/h13-14,17H,3-11H2,1-2H3. The molecule has 1 aliphatic heterocycles. The smallest absolute Gasteiger partial charge is 0.333 e. The van der Waals surface area contributed by atoms with Crippen molar-refractivity contribution in [2.75, 3.05) is 25.0 Å². The van der Waals surface area contributed by atoms with Crippen molar-refractivity contribution < 1.29 is 4.92 Å². The molecule has 0 aromatic carbocycles. The third-order valence-electron chi connectivity index (χ3n) is 5.29. The van der Waals surface area contributed by atoms with Crippen molar-refractivity contribution in [3.05, 3.63) is 15.8 Å². The summed E-state index contributed by atoms with van der Waals surface area (Å²) in [5.74, 6) is 1.43. The number of anilines is 1. The maximum Gasteiger partial charge on any atom is 0.333 e. The first-order chi connectivity index (χ1) is 11.0. The van der Waals surface area contributed by atoms with Gasteiger partial charge >= 0.3 is 5.69 Å². The molecule has 2 heterocycles. The summed E-state index contributed by atoms with van der Waals surface area (Å²) in [5, 5.41) is 18.8. The van der Waals surface area contributed by atoms with Gasteiger partial charge in [0.05, 0.1) is 4.92 Å². The molecule has 1 aromatic heterocycles. The number of hydrogen-bond donors (Lipinski definition) is 1. The molecule has 2 fully saturated rings. The minimum atomic E-state index is -0.333. The maximum atomic E-state index is 11.2. The highest BCUT2D eigenvalue weighted by molar-refractivity contribution is 5.59. The molecule has 1 aromatic rings. The number of hydrogen-bond acceptors (Lipinski definition) is 5. The first-order valence-electron chi connectivity index (χ1n) is 8.71. The Morgan fingerprint density at radius 1 is 1.26 bits per heavy atom. The summed E-state index contributed by atoms with van der Waals surface area (Å²) in [6, 6.07) is 0.295. The number of aromatic nitrogens is 2. The first-order valence-corrected chi connectivity index (χ1v) is 8.71. The van der Waals surface area contributed by atoms with Crippen LogP contribution in [0.5, 0.6) is 0 Å². The van der Waals surface area contributed by atoms with E-state index in [0.29, 0.717) is 17.6 Å². The fourth-order valence-corrected chi connectivity index (χ4v) is 4.04. The zero-order chi connectivity index (χ0) is 16.4. The predicted octanol–water partition coefficient (Wildman–Crippen LogP) is 2.70. The lowest BCUT2D eigenvalue weighted by atomic mass is 10.0. The van der Waals surface area contributed by atoms with Crippen molar-refractivity contribution in [1.29, 1.82) is 0 Å². The molecule has 1 saturated heterocycles. The number of piperidine rings is 1. The predicted molar refractivity (Wildman–Crippen MR) is 89.6 cm³/mol. The van der Waals surface area contributed by atoms with Crippen LogP contribution < -0.4 is 5.32 Å². The van der Waals surface area contributed by atoms with Gasteiger partial charge in [0.1, 0.15) is 5.69 Å². The van der Waals surface area contributed by atoms with Crippen molar-refractivity contribution in [3.63, 3.8) is 0 Å². The third kappa shape index (κ3) is 3.65. The molecular weight excluding hydrogens is 294 g/mol. The average molecular weight is 321 g/mol. The van der Waals surface area contributed by atoms with Gasteiger partial charge in [-0.15, -0.1) is 0 Å². The van der Waals surface area contributed by atoms with Crippen LogP contribution >= 0.6 is 0 Å². The Labute approximate surface area is 137 Å². The van der Waals surface area contributed by atoms with E-state index < -0.39 is 0 Å². The minimum Gasteiger partial charge on any atom is -0.362 e. The fourth-order valence-electron chi connectivity index (χ4n) is 4.04. The Morgan fingerprint density at radius 3 is 2.52 bits per heavy atom. The lowest BCUT2D eigenvalue weighted by molar-refractivity contribution is -0.384. The Bertz CT molecular complexity index is 557. The summed E-state index contributed by atoms with van der Waals surface area (Å²) in [4.78, 5) is 13.5. The van der Waals surface area contributed by atoms with Crippen LogP contribution in [0.2, 0.25) is 0 Å². The molecule has 3 rings (SSSR count). The maximum absolute atomic E-state index is 11.2. The van der Waals surface area contributed by atoms with Gasteiger partial charge in [0.2, 0.25) is 5.82 Å². The molecule has 0 bridgehead atoms. The molecule has 0 unspecified atom stereocenters. The number of rotatable bonds is 5. The van der Waals surface area contributed by atoms with Crippen LogP contribution in [0.1, 0.15) is 44.2 Å². The van der Waals surface area contributed by atoms with E-state index in [1.54, 1.807) is 18.7 Å². The lowest BCUT2D eigenvalue weighted by Gasteiger charge is -2.34. The van der Waals surface area contributed by atoms with Gasteiger partial charge in [0.25, 0.3) is 0 Å². The van der Waals surface area contributed by atoms with Crippen LogP contribution in [0.4, 0.5) is 11.5 Å². The van der Waals surface area contributed by atoms with Crippen LogP contribution in [0.25, 0.3) is 0 Å². The van der Waals surface area contributed by atoms with E-state index >= 15 is 0 Å². The SMILES string of the molecule is Cc1nn(C)c(NC2CCN(CC3CCCC3)CC2)c1[N+](=O)[O-]. The highest BCUT2D eigenvalue weighted by Gasteiger charge is 2.28. The summed E-state index contributed by atoms with van der Waals surface area (Å²) >= 11 is 0. The Kier molecular flexibility index (Phi) is 4.84. The van der Waals surface area contributed by atoms with E-state index in [-0.39, 0.29) is 10.6 Å². The Morgan fingerprint density at radius 2 is 1.91 bits per heavy atom. The number of aryl methyl sites for hydroxylation is 2. The van der Waals surface area contributed by atoms with E-state index in [0.717, 1.165) is 31.8 Å². The highest BCUT2D eigenvalue weighted by atomic mass is 16.6. The van der Waals surface area contributed by atoms with Crippen molar-refractivity contribution in [2.24, 2.45) is 13.0 Å². The van der Waals surface area contributed by atoms with Crippen LogP contribution in [0, 0.1) is 23.0 Å². The van der Waals surface area contributed by atoms with E-state index in [2.05, 4.69) is 15.3 Å². The summed E-state index contributed by atoms with van der Waals surface area (Å²) in [5.41, 5.74) is 0.583. The van der Waals surface area contributed by atoms with Gasteiger partial charge < -0.3 is 10.2 Å². The molecule has 2 aliphatic rings. The zero-order valence-corrected chi connectivity index (χ0v) is 14.1. The van der Waals surface area contributed by atoms with Crippen LogP contribution in [0.3, 0.4) is 0 Å². The quantitative estimate of drug-likeness (QED) is 0.666. The van der Waals surface area contributed by atoms with Crippen molar-refractivity contribution in [2.45, 2.75) is 51.5 Å². The minimum absolute atomic E-state index is 0.112. The van der Waals surface area contributed by atoms with Crippen molar-refractivity contribution in [1.82, 2.24) is 14.7 Å². The number of nitrogens with zero attached hydrogens (tertiary/aromatic N) is 4. The monoisotopic (exact) mass is 321 g/mol. The van der Waals surface area contributed by atoms with Crippen molar-refractivity contribution in [3.8, 4) is 0 Å². The lowest BCUT2D eigenvalue weighted by Crippen LogP contribution is -2.41. The molecule has 7 nitrogen and oxygen atoms in total. The molecule has 128 valence electrons. The van der Waals surface area contributed by atoms with Gasteiger partial charge in [-0.25, -0.2) is 4.68 Å². The zero-order valence-electron chi connectivity index (χ0n) is 14.1. The first kappa shape index (κ1) is 16.2. The molecule has 1 saturated carbocycles. The van der Waals surface area contributed by atoms with Crippen LogP contribution in [-0.2, 0) is 7.05 Å². The molecule has 0 spiro atoms. The van der Waals surface area contributed by atoms with Gasteiger partial charge in [-0.05, 0) is 38.5 Å². The summed E-state index contributed by atoms with van der Waals surface area (Å²) < 4.78 is 1.60. The van der Waals surface area contributed by atoms with Gasteiger partial charge in [-0.1, -0.05) is 12.8 Å².